The number of nitrogens with zero attached hydrogens (tertiary/aromatic N) is 3. The summed E-state index contributed by atoms with van der Waals surface area (Å²) in [5, 5.41) is 0. The summed E-state index contributed by atoms with van der Waals surface area (Å²) in [6.07, 6.45) is 3.57. The Hall–Kier alpha value is -4.08. The van der Waals surface area contributed by atoms with E-state index in [1.807, 2.05) is 57.2 Å². The van der Waals surface area contributed by atoms with Crippen molar-refractivity contribution in [2.24, 2.45) is 17.6 Å². The average molecular weight is 647 g/mol. The van der Waals surface area contributed by atoms with Crippen LogP contribution >= 0.6 is 0 Å². The van der Waals surface area contributed by atoms with E-state index in [0.29, 0.717) is 29.5 Å². The van der Waals surface area contributed by atoms with Crippen LogP contribution in [0.2, 0.25) is 0 Å². The van der Waals surface area contributed by atoms with Gasteiger partial charge in [-0.2, -0.15) is 0 Å². The van der Waals surface area contributed by atoms with Crippen LogP contribution in [-0.4, -0.2) is 72.1 Å². The van der Waals surface area contributed by atoms with Crippen LogP contribution in [-0.2, 0) is 25.6 Å². The van der Waals surface area contributed by atoms with E-state index in [1.165, 1.54) is 11.3 Å². The van der Waals surface area contributed by atoms with Gasteiger partial charge in [-0.25, -0.2) is 4.79 Å². The smallest absolute Gasteiger partial charge is 0.338 e. The summed E-state index contributed by atoms with van der Waals surface area (Å²) in [4.78, 5) is 56.8. The molecule has 0 spiro atoms. The Labute approximate surface area is 278 Å². The molecular weight excluding hydrogens is 596 g/mol. The molecule has 0 bridgehead atoms. The minimum atomic E-state index is -0.881. The standard InChI is InChI=1S/C37H50N4O6/c1-36(2,3)46-32(42)15-14-31(33(38)43)41-23-29-28(34(41)44)8-7-9-30(29)40-21-25(22-40)20-24-16-18-39(19-17-24)27-12-10-26(11-13-27)35(45)47-37(4,5)6/h7-13,24-25,31H,14-23H2,1-6H3,(H2,38,43)/t31-/m0/s1. The Balaban J connectivity index is 1.11. The van der Waals surface area contributed by atoms with Crippen molar-refractivity contribution in [2.75, 3.05) is 36.0 Å². The van der Waals surface area contributed by atoms with Crippen molar-refractivity contribution in [3.05, 3.63) is 59.2 Å². The van der Waals surface area contributed by atoms with Gasteiger partial charge in [0.25, 0.3) is 5.91 Å². The summed E-state index contributed by atoms with van der Waals surface area (Å²) in [6.45, 7) is 15.1. The number of hydrogen-bond acceptors (Lipinski definition) is 8. The molecule has 2 aromatic carbocycles. The van der Waals surface area contributed by atoms with E-state index in [2.05, 4.69) is 15.9 Å². The molecule has 2 aromatic rings. The van der Waals surface area contributed by atoms with Crippen LogP contribution in [0.25, 0.3) is 0 Å². The second kappa shape index (κ2) is 13.6. The lowest BCUT2D eigenvalue weighted by Gasteiger charge is -2.44. The first-order valence-corrected chi connectivity index (χ1v) is 16.9. The maximum absolute atomic E-state index is 13.4. The van der Waals surface area contributed by atoms with Crippen LogP contribution in [0.3, 0.4) is 0 Å². The van der Waals surface area contributed by atoms with Gasteiger partial charge in [-0.3, -0.25) is 14.4 Å². The van der Waals surface area contributed by atoms with Crippen LogP contribution in [0, 0.1) is 11.8 Å². The third-order valence-electron chi connectivity index (χ3n) is 9.16. The highest BCUT2D eigenvalue weighted by molar-refractivity contribution is 6.02. The highest BCUT2D eigenvalue weighted by Crippen LogP contribution is 2.39. The molecule has 10 nitrogen and oxygen atoms in total. The zero-order valence-corrected chi connectivity index (χ0v) is 28.7. The molecule has 0 saturated carbocycles. The molecule has 0 radical (unpaired) electrons. The van der Waals surface area contributed by atoms with Crippen LogP contribution < -0.4 is 15.5 Å². The SMILES string of the molecule is CC(C)(C)OC(=O)CC[C@@H](C(N)=O)N1Cc2c(cccc2N2CC(CC3CCN(c4ccc(C(=O)OC(C)(C)C)cc4)CC3)C2)C1=O. The zero-order chi connectivity index (χ0) is 34.1. The maximum atomic E-state index is 13.4. The molecule has 0 aromatic heterocycles. The highest BCUT2D eigenvalue weighted by Gasteiger charge is 2.39. The largest absolute Gasteiger partial charge is 0.460 e. The van der Waals surface area contributed by atoms with Gasteiger partial charge in [0.15, 0.2) is 0 Å². The molecule has 254 valence electrons. The van der Waals surface area contributed by atoms with E-state index in [4.69, 9.17) is 15.2 Å². The number of anilines is 2. The minimum absolute atomic E-state index is 0.00493. The first-order chi connectivity index (χ1) is 22.1. The summed E-state index contributed by atoms with van der Waals surface area (Å²) in [5.74, 6) is -0.302. The van der Waals surface area contributed by atoms with Gasteiger partial charge in [0.1, 0.15) is 17.2 Å². The third-order valence-corrected chi connectivity index (χ3v) is 9.16. The van der Waals surface area contributed by atoms with Gasteiger partial charge < -0.3 is 29.9 Å². The summed E-state index contributed by atoms with van der Waals surface area (Å²) in [5.41, 5.74) is 8.85. The number of fused-ring (bicyclic) bond motifs is 1. The molecule has 10 heteroatoms. The first-order valence-electron chi connectivity index (χ1n) is 16.9. The summed E-state index contributed by atoms with van der Waals surface area (Å²) in [6, 6.07) is 12.6. The summed E-state index contributed by atoms with van der Waals surface area (Å²) in [7, 11) is 0. The third kappa shape index (κ3) is 8.45. The summed E-state index contributed by atoms with van der Waals surface area (Å²) >= 11 is 0. The van der Waals surface area contributed by atoms with Crippen molar-refractivity contribution in [1.82, 2.24) is 4.90 Å². The second-order valence-corrected chi connectivity index (χ2v) is 15.3. The average Bonchev–Trinajstić information content (AvgIpc) is 3.29. The molecule has 2 N–H and O–H groups in total. The van der Waals surface area contributed by atoms with Crippen molar-refractivity contribution in [3.8, 4) is 0 Å². The molecule has 3 aliphatic rings. The van der Waals surface area contributed by atoms with E-state index in [1.54, 1.807) is 20.8 Å². The number of ether oxygens (including phenoxy) is 2. The zero-order valence-electron chi connectivity index (χ0n) is 28.7. The topological polar surface area (TPSA) is 122 Å². The Kier molecular flexibility index (Phi) is 9.89. The highest BCUT2D eigenvalue weighted by atomic mass is 16.6. The Morgan fingerprint density at radius 1 is 0.872 bits per heavy atom. The Morgan fingerprint density at radius 2 is 1.51 bits per heavy atom. The molecule has 47 heavy (non-hydrogen) atoms. The number of nitrogens with two attached hydrogens (primary N) is 1. The minimum Gasteiger partial charge on any atom is -0.460 e. The fourth-order valence-electron chi connectivity index (χ4n) is 6.94. The normalized spacial score (nSPS) is 18.1. The van der Waals surface area contributed by atoms with Crippen molar-refractivity contribution in [1.29, 1.82) is 0 Å². The Morgan fingerprint density at radius 3 is 2.11 bits per heavy atom. The lowest BCUT2D eigenvalue weighted by atomic mass is 9.83. The van der Waals surface area contributed by atoms with Crippen molar-refractivity contribution in [3.63, 3.8) is 0 Å². The van der Waals surface area contributed by atoms with E-state index in [0.717, 1.165) is 56.0 Å². The number of carbonyl (C=O) groups is 4. The number of amides is 2. The molecule has 2 fully saturated rings. The van der Waals surface area contributed by atoms with Crippen molar-refractivity contribution < 1.29 is 28.7 Å². The van der Waals surface area contributed by atoms with E-state index < -0.39 is 29.1 Å². The lowest BCUT2D eigenvalue weighted by molar-refractivity contribution is -0.155. The van der Waals surface area contributed by atoms with Gasteiger partial charge in [0.2, 0.25) is 5.91 Å². The quantitative estimate of drug-likeness (QED) is 0.345. The van der Waals surface area contributed by atoms with Crippen molar-refractivity contribution in [2.45, 2.75) is 97.4 Å². The summed E-state index contributed by atoms with van der Waals surface area (Å²) < 4.78 is 10.9. The molecule has 0 aliphatic carbocycles. The van der Waals surface area contributed by atoms with Crippen molar-refractivity contribution >= 4 is 35.1 Å². The number of esters is 2. The maximum Gasteiger partial charge on any atom is 0.338 e. The van der Waals surface area contributed by atoms with Gasteiger partial charge in [-0.05, 0) is 115 Å². The first kappa shape index (κ1) is 34.3. The molecule has 5 rings (SSSR count). The molecule has 0 unspecified atom stereocenters. The van der Waals surface area contributed by atoms with E-state index >= 15 is 0 Å². The Bertz CT molecular complexity index is 1480. The number of hydrogen-bond donors (Lipinski definition) is 1. The predicted octanol–water partition coefficient (Wildman–Crippen LogP) is 5.32. The lowest BCUT2D eigenvalue weighted by Crippen LogP contribution is -2.48. The van der Waals surface area contributed by atoms with Crippen LogP contribution in [0.15, 0.2) is 42.5 Å². The fourth-order valence-corrected chi connectivity index (χ4v) is 6.94. The molecular formula is C37H50N4O6. The number of primary amides is 1. The fraction of sp³-hybridized carbons (Fsp3) is 0.568. The number of rotatable bonds is 10. The monoisotopic (exact) mass is 646 g/mol. The van der Waals surface area contributed by atoms with Gasteiger partial charge in [0, 0.05) is 61.6 Å². The number of benzene rings is 2. The molecule has 3 aliphatic heterocycles. The van der Waals surface area contributed by atoms with Gasteiger partial charge in [0.05, 0.1) is 5.56 Å². The van der Waals surface area contributed by atoms with Gasteiger partial charge in [-0.15, -0.1) is 0 Å². The van der Waals surface area contributed by atoms with Crippen LogP contribution in [0.1, 0.15) is 99.9 Å². The molecule has 2 saturated heterocycles. The molecule has 2 amide bonds. The van der Waals surface area contributed by atoms with Gasteiger partial charge >= 0.3 is 11.9 Å². The molecule has 1 atom stereocenters. The van der Waals surface area contributed by atoms with E-state index in [9.17, 15) is 19.2 Å². The van der Waals surface area contributed by atoms with Crippen LogP contribution in [0.4, 0.5) is 11.4 Å². The van der Waals surface area contributed by atoms with Gasteiger partial charge in [-0.1, -0.05) is 6.07 Å². The predicted molar refractivity (Wildman–Crippen MR) is 181 cm³/mol. The number of piperidine rings is 1. The number of carbonyl (C=O) groups excluding carboxylic acids is 4. The molecule has 3 heterocycles. The van der Waals surface area contributed by atoms with E-state index in [-0.39, 0.29) is 24.7 Å². The second-order valence-electron chi connectivity index (χ2n) is 15.3. The van der Waals surface area contributed by atoms with Crippen LogP contribution in [0.5, 0.6) is 0 Å².